The minimum absolute atomic E-state index is 0.216. The van der Waals surface area contributed by atoms with E-state index in [0.717, 1.165) is 0 Å². The average Bonchev–Trinajstić information content (AvgIpc) is 2.88. The lowest BCUT2D eigenvalue weighted by molar-refractivity contribution is 0.449. The van der Waals surface area contributed by atoms with Crippen molar-refractivity contribution in [1.29, 1.82) is 0 Å². The molecule has 2 heteroatoms. The van der Waals surface area contributed by atoms with Gasteiger partial charge >= 0.3 is 0 Å². The topological polar surface area (TPSA) is 12.0 Å². The molecular formula is C19H27NS. The van der Waals surface area contributed by atoms with Crippen LogP contribution in [0.2, 0.25) is 0 Å². The Morgan fingerprint density at radius 1 is 0.952 bits per heavy atom. The van der Waals surface area contributed by atoms with Gasteiger partial charge in [0.2, 0.25) is 0 Å². The molecule has 0 bridgehead atoms. The molecule has 0 aliphatic rings. The Hall–Kier alpha value is -1.12. The first-order chi connectivity index (χ1) is 9.82. The smallest absolute Gasteiger partial charge is 0.0435 e. The van der Waals surface area contributed by atoms with Crippen LogP contribution in [0.1, 0.15) is 51.1 Å². The third-order valence-electron chi connectivity index (χ3n) is 3.95. The minimum atomic E-state index is 0.216. The lowest BCUT2D eigenvalue weighted by atomic mass is 9.86. The lowest BCUT2D eigenvalue weighted by Crippen LogP contribution is -2.20. The first-order valence-electron chi connectivity index (χ1n) is 7.71. The zero-order valence-electron chi connectivity index (χ0n) is 14.0. The van der Waals surface area contributed by atoms with Crippen LogP contribution in [0.25, 0.3) is 10.4 Å². The van der Waals surface area contributed by atoms with Gasteiger partial charge in [-0.3, -0.25) is 0 Å². The van der Waals surface area contributed by atoms with Crippen molar-refractivity contribution in [2.24, 2.45) is 5.92 Å². The van der Waals surface area contributed by atoms with Crippen LogP contribution in [-0.2, 0) is 5.41 Å². The van der Waals surface area contributed by atoms with Crippen molar-refractivity contribution in [3.05, 3.63) is 46.8 Å². The van der Waals surface area contributed by atoms with Gasteiger partial charge in [0, 0.05) is 15.8 Å². The quantitative estimate of drug-likeness (QED) is 0.771. The molecule has 0 aliphatic heterocycles. The van der Waals surface area contributed by atoms with Crippen LogP contribution in [0.15, 0.2) is 36.4 Å². The molecule has 0 amide bonds. The van der Waals surface area contributed by atoms with E-state index in [1.54, 1.807) is 0 Å². The molecule has 0 spiro atoms. The Morgan fingerprint density at radius 2 is 1.57 bits per heavy atom. The summed E-state index contributed by atoms with van der Waals surface area (Å²) in [7, 11) is 2.04. The summed E-state index contributed by atoms with van der Waals surface area (Å²) in [5.41, 5.74) is 2.92. The second kappa shape index (κ2) is 6.33. The largest absolute Gasteiger partial charge is 0.312 e. The van der Waals surface area contributed by atoms with E-state index in [1.807, 2.05) is 18.4 Å². The predicted molar refractivity (Wildman–Crippen MR) is 95.1 cm³/mol. The van der Waals surface area contributed by atoms with Gasteiger partial charge in [0.1, 0.15) is 0 Å². The van der Waals surface area contributed by atoms with Crippen molar-refractivity contribution in [2.75, 3.05) is 7.05 Å². The Morgan fingerprint density at radius 3 is 2.05 bits per heavy atom. The van der Waals surface area contributed by atoms with Crippen molar-refractivity contribution >= 4 is 11.3 Å². The maximum Gasteiger partial charge on any atom is 0.0435 e. The van der Waals surface area contributed by atoms with Gasteiger partial charge in [-0.15, -0.1) is 11.3 Å². The number of benzene rings is 1. The highest BCUT2D eigenvalue weighted by Crippen LogP contribution is 2.34. The monoisotopic (exact) mass is 301 g/mol. The van der Waals surface area contributed by atoms with E-state index in [4.69, 9.17) is 0 Å². The van der Waals surface area contributed by atoms with Crippen LogP contribution in [0.4, 0.5) is 0 Å². The standard InChI is InChI=1S/C19H27NS/c1-13(2)18(20-6)17-12-11-16(21-17)14-7-9-15(10-8-14)19(3,4)5/h7-13,18,20H,1-6H3. The molecule has 114 valence electrons. The SMILES string of the molecule is CNC(c1ccc(-c2ccc(C(C)(C)C)cc2)s1)C(C)C. The molecule has 0 fully saturated rings. The Labute approximate surface area is 133 Å². The van der Waals surface area contributed by atoms with Gasteiger partial charge in [0.25, 0.3) is 0 Å². The van der Waals surface area contributed by atoms with Crippen LogP contribution >= 0.6 is 11.3 Å². The summed E-state index contributed by atoms with van der Waals surface area (Å²) < 4.78 is 0. The van der Waals surface area contributed by atoms with E-state index < -0.39 is 0 Å². The van der Waals surface area contributed by atoms with Crippen LogP contribution < -0.4 is 5.32 Å². The Kier molecular flexibility index (Phi) is 4.90. The summed E-state index contributed by atoms with van der Waals surface area (Å²) in [5, 5.41) is 3.42. The van der Waals surface area contributed by atoms with Gasteiger partial charge in [-0.1, -0.05) is 58.9 Å². The molecule has 21 heavy (non-hydrogen) atoms. The van der Waals surface area contributed by atoms with E-state index in [-0.39, 0.29) is 5.41 Å². The molecule has 1 aromatic carbocycles. The predicted octanol–water partition coefficient (Wildman–Crippen LogP) is 5.63. The van der Waals surface area contributed by atoms with Gasteiger partial charge in [0.15, 0.2) is 0 Å². The molecule has 1 heterocycles. The fourth-order valence-electron chi connectivity index (χ4n) is 2.61. The lowest BCUT2D eigenvalue weighted by Gasteiger charge is -2.19. The van der Waals surface area contributed by atoms with E-state index in [1.165, 1.54) is 20.9 Å². The summed E-state index contributed by atoms with van der Waals surface area (Å²) in [4.78, 5) is 2.77. The first kappa shape index (κ1) is 16.3. The fourth-order valence-corrected chi connectivity index (χ4v) is 3.91. The van der Waals surface area contributed by atoms with E-state index in [9.17, 15) is 0 Å². The second-order valence-electron chi connectivity index (χ2n) is 7.04. The molecule has 1 nitrogen and oxygen atoms in total. The third kappa shape index (κ3) is 3.75. The Bertz CT molecular complexity index is 572. The molecule has 1 unspecified atom stereocenters. The van der Waals surface area contributed by atoms with Crippen LogP contribution in [0.3, 0.4) is 0 Å². The molecule has 1 atom stereocenters. The summed E-state index contributed by atoms with van der Waals surface area (Å²) in [6.07, 6.45) is 0. The average molecular weight is 301 g/mol. The molecule has 0 radical (unpaired) electrons. The van der Waals surface area contributed by atoms with Crippen molar-refractivity contribution in [1.82, 2.24) is 5.32 Å². The first-order valence-corrected chi connectivity index (χ1v) is 8.52. The van der Waals surface area contributed by atoms with Gasteiger partial charge < -0.3 is 5.32 Å². The number of thiophene rings is 1. The number of rotatable bonds is 4. The third-order valence-corrected chi connectivity index (χ3v) is 5.16. The summed E-state index contributed by atoms with van der Waals surface area (Å²) in [6.45, 7) is 11.3. The molecule has 2 aromatic rings. The summed E-state index contributed by atoms with van der Waals surface area (Å²) >= 11 is 1.90. The maximum atomic E-state index is 3.42. The fraction of sp³-hybridized carbons (Fsp3) is 0.474. The van der Waals surface area contributed by atoms with Gasteiger partial charge in [-0.25, -0.2) is 0 Å². The summed E-state index contributed by atoms with van der Waals surface area (Å²) in [6, 6.07) is 14.0. The molecule has 1 N–H and O–H groups in total. The Balaban J connectivity index is 2.25. The van der Waals surface area contributed by atoms with Gasteiger partial charge in [-0.05, 0) is 41.6 Å². The molecular weight excluding hydrogens is 274 g/mol. The van der Waals surface area contributed by atoms with Crippen LogP contribution in [-0.4, -0.2) is 7.05 Å². The summed E-state index contributed by atoms with van der Waals surface area (Å²) in [5.74, 6) is 0.602. The number of hydrogen-bond acceptors (Lipinski definition) is 2. The second-order valence-corrected chi connectivity index (χ2v) is 8.16. The normalized spacial score (nSPS) is 13.7. The highest BCUT2D eigenvalue weighted by Gasteiger charge is 2.17. The highest BCUT2D eigenvalue weighted by molar-refractivity contribution is 7.15. The number of hydrogen-bond donors (Lipinski definition) is 1. The van der Waals surface area contributed by atoms with Crippen LogP contribution in [0, 0.1) is 5.92 Å². The molecule has 1 aromatic heterocycles. The van der Waals surface area contributed by atoms with Gasteiger partial charge in [-0.2, -0.15) is 0 Å². The molecule has 0 saturated carbocycles. The number of nitrogens with one attached hydrogen (secondary N) is 1. The van der Waals surface area contributed by atoms with E-state index >= 15 is 0 Å². The molecule has 2 rings (SSSR count). The van der Waals surface area contributed by atoms with Crippen molar-refractivity contribution in [2.45, 2.75) is 46.1 Å². The van der Waals surface area contributed by atoms with Crippen LogP contribution in [0.5, 0.6) is 0 Å². The zero-order chi connectivity index (χ0) is 15.6. The van der Waals surface area contributed by atoms with E-state index in [2.05, 4.69) is 76.3 Å². The zero-order valence-corrected chi connectivity index (χ0v) is 14.8. The maximum absolute atomic E-state index is 3.42. The van der Waals surface area contributed by atoms with Gasteiger partial charge in [0.05, 0.1) is 0 Å². The van der Waals surface area contributed by atoms with Crippen molar-refractivity contribution in [3.63, 3.8) is 0 Å². The van der Waals surface area contributed by atoms with E-state index in [0.29, 0.717) is 12.0 Å². The molecule has 0 aliphatic carbocycles. The minimum Gasteiger partial charge on any atom is -0.312 e. The van der Waals surface area contributed by atoms with Crippen molar-refractivity contribution in [3.8, 4) is 10.4 Å². The van der Waals surface area contributed by atoms with Crippen molar-refractivity contribution < 1.29 is 0 Å². The molecule has 0 saturated heterocycles. The highest BCUT2D eigenvalue weighted by atomic mass is 32.1.